The summed E-state index contributed by atoms with van der Waals surface area (Å²) < 4.78 is 2.18. The van der Waals surface area contributed by atoms with Gasteiger partial charge in [-0.3, -0.25) is 9.36 Å². The van der Waals surface area contributed by atoms with Gasteiger partial charge in [0.25, 0.3) is 5.56 Å². The van der Waals surface area contributed by atoms with Crippen molar-refractivity contribution in [2.24, 2.45) is 0 Å². The van der Waals surface area contributed by atoms with Crippen molar-refractivity contribution >= 4 is 39.9 Å². The van der Waals surface area contributed by atoms with Crippen LogP contribution in [0.1, 0.15) is 11.4 Å². The third-order valence-electron chi connectivity index (χ3n) is 2.61. The van der Waals surface area contributed by atoms with Crippen molar-refractivity contribution in [2.75, 3.05) is 5.73 Å². The maximum Gasteiger partial charge on any atom is 0.267 e. The second kappa shape index (κ2) is 5.27. The van der Waals surface area contributed by atoms with E-state index in [-0.39, 0.29) is 5.56 Å². The first-order chi connectivity index (χ1) is 8.49. The number of benzene rings is 1. The summed E-state index contributed by atoms with van der Waals surface area (Å²) in [6.07, 6.45) is 1.57. The molecule has 0 atom stereocenters. The molecule has 0 saturated carbocycles. The Kier molecular flexibility index (Phi) is 3.91. The lowest BCUT2D eigenvalue weighted by Gasteiger charge is -2.11. The molecule has 0 radical (unpaired) electrons. The lowest BCUT2D eigenvalue weighted by molar-refractivity contribution is 0.695. The number of anilines is 1. The average Bonchev–Trinajstić information content (AvgIpc) is 2.32. The highest BCUT2D eigenvalue weighted by Crippen LogP contribution is 2.20. The second-order valence-corrected chi connectivity index (χ2v) is 5.46. The predicted octanol–water partition coefficient (Wildman–Crippen LogP) is 2.44. The highest BCUT2D eigenvalue weighted by Gasteiger charge is 2.08. The number of nitrogens with two attached hydrogens (primary N) is 1. The standard InChI is InChI=1S/C12H11ClIN3O/c1-7-16-5-11(14)12(18)17(7)6-8-2-3-9(15)4-10(8)13/h2-5H,6,15H2,1H3. The lowest BCUT2D eigenvalue weighted by atomic mass is 10.2. The van der Waals surface area contributed by atoms with Gasteiger partial charge >= 0.3 is 0 Å². The van der Waals surface area contributed by atoms with Crippen molar-refractivity contribution in [3.63, 3.8) is 0 Å². The summed E-state index contributed by atoms with van der Waals surface area (Å²) in [6, 6.07) is 5.27. The molecule has 0 bridgehead atoms. The quantitative estimate of drug-likeness (QED) is 0.648. The Labute approximate surface area is 123 Å². The van der Waals surface area contributed by atoms with Gasteiger partial charge in [-0.2, -0.15) is 0 Å². The summed E-state index contributed by atoms with van der Waals surface area (Å²) in [7, 11) is 0. The van der Waals surface area contributed by atoms with Crippen LogP contribution >= 0.6 is 34.2 Å². The van der Waals surface area contributed by atoms with Crippen LogP contribution < -0.4 is 11.3 Å². The number of nitrogens with zero attached hydrogens (tertiary/aromatic N) is 2. The minimum atomic E-state index is -0.0593. The summed E-state index contributed by atoms with van der Waals surface area (Å²) >= 11 is 8.08. The number of aryl methyl sites for hydroxylation is 1. The topological polar surface area (TPSA) is 60.9 Å². The molecule has 0 aliphatic carbocycles. The zero-order chi connectivity index (χ0) is 13.3. The summed E-state index contributed by atoms with van der Waals surface area (Å²) in [4.78, 5) is 16.2. The van der Waals surface area contributed by atoms with Crippen molar-refractivity contribution in [3.8, 4) is 0 Å². The molecule has 1 heterocycles. The molecule has 1 aromatic carbocycles. The van der Waals surface area contributed by atoms with Crippen LogP contribution in [-0.4, -0.2) is 9.55 Å². The molecule has 2 N–H and O–H groups in total. The molecule has 0 spiro atoms. The Morgan fingerprint density at radius 1 is 1.50 bits per heavy atom. The molecular formula is C12H11ClIN3O. The van der Waals surface area contributed by atoms with E-state index in [1.165, 1.54) is 0 Å². The van der Waals surface area contributed by atoms with Crippen LogP contribution in [0.5, 0.6) is 0 Å². The Balaban J connectivity index is 2.46. The summed E-state index contributed by atoms with van der Waals surface area (Å²) in [5.41, 5.74) is 7.03. The van der Waals surface area contributed by atoms with Crippen molar-refractivity contribution in [1.29, 1.82) is 0 Å². The maximum absolute atomic E-state index is 12.0. The average molecular weight is 376 g/mol. The number of hydrogen-bond donors (Lipinski definition) is 1. The van der Waals surface area contributed by atoms with E-state index < -0.39 is 0 Å². The molecule has 0 aliphatic heterocycles. The van der Waals surface area contributed by atoms with Gasteiger partial charge in [0.05, 0.1) is 10.1 Å². The molecule has 0 saturated heterocycles. The van der Waals surface area contributed by atoms with Crippen molar-refractivity contribution in [2.45, 2.75) is 13.5 Å². The lowest BCUT2D eigenvalue weighted by Crippen LogP contribution is -2.26. The third kappa shape index (κ3) is 2.67. The van der Waals surface area contributed by atoms with E-state index in [9.17, 15) is 4.79 Å². The first kappa shape index (κ1) is 13.4. The van der Waals surface area contributed by atoms with Gasteiger partial charge in [-0.1, -0.05) is 17.7 Å². The molecule has 4 nitrogen and oxygen atoms in total. The first-order valence-electron chi connectivity index (χ1n) is 5.25. The van der Waals surface area contributed by atoms with E-state index in [0.717, 1.165) is 5.56 Å². The van der Waals surface area contributed by atoms with Crippen molar-refractivity contribution in [3.05, 3.63) is 54.7 Å². The van der Waals surface area contributed by atoms with Crippen LogP contribution in [0.2, 0.25) is 5.02 Å². The van der Waals surface area contributed by atoms with Gasteiger partial charge in [-0.25, -0.2) is 4.98 Å². The first-order valence-corrected chi connectivity index (χ1v) is 6.70. The molecule has 2 rings (SSSR count). The number of hydrogen-bond acceptors (Lipinski definition) is 3. The number of rotatable bonds is 2. The second-order valence-electron chi connectivity index (χ2n) is 3.90. The van der Waals surface area contributed by atoms with Crippen molar-refractivity contribution < 1.29 is 0 Å². The third-order valence-corrected chi connectivity index (χ3v) is 3.70. The highest BCUT2D eigenvalue weighted by molar-refractivity contribution is 14.1. The van der Waals surface area contributed by atoms with E-state index in [2.05, 4.69) is 4.98 Å². The van der Waals surface area contributed by atoms with Gasteiger partial charge in [-0.15, -0.1) is 0 Å². The zero-order valence-corrected chi connectivity index (χ0v) is 12.6. The molecule has 94 valence electrons. The number of aromatic nitrogens is 2. The summed E-state index contributed by atoms with van der Waals surface area (Å²) in [5.74, 6) is 0.660. The van der Waals surface area contributed by atoms with Crippen LogP contribution in [0.15, 0.2) is 29.2 Å². The SMILES string of the molecule is Cc1ncc(I)c(=O)n1Cc1ccc(N)cc1Cl. The highest BCUT2D eigenvalue weighted by atomic mass is 127. The fourth-order valence-corrected chi connectivity index (χ4v) is 2.28. The van der Waals surface area contributed by atoms with Gasteiger partial charge in [0, 0.05) is 16.9 Å². The number of nitrogen functional groups attached to an aromatic ring is 1. The molecule has 0 fully saturated rings. The van der Waals surface area contributed by atoms with Crippen LogP contribution in [0.3, 0.4) is 0 Å². The smallest absolute Gasteiger partial charge is 0.267 e. The van der Waals surface area contributed by atoms with Gasteiger partial charge in [-0.05, 0) is 47.2 Å². The van der Waals surface area contributed by atoms with Crippen LogP contribution in [0, 0.1) is 10.5 Å². The monoisotopic (exact) mass is 375 g/mol. The molecule has 0 amide bonds. The Morgan fingerprint density at radius 3 is 2.89 bits per heavy atom. The number of halogens is 2. The van der Waals surface area contributed by atoms with Gasteiger partial charge in [0.2, 0.25) is 0 Å². The normalized spacial score (nSPS) is 10.6. The zero-order valence-electron chi connectivity index (χ0n) is 9.65. The summed E-state index contributed by atoms with van der Waals surface area (Å²) in [6.45, 7) is 2.19. The van der Waals surface area contributed by atoms with E-state index in [1.807, 2.05) is 28.7 Å². The fraction of sp³-hybridized carbons (Fsp3) is 0.167. The molecule has 0 aliphatic rings. The fourth-order valence-electron chi connectivity index (χ4n) is 1.60. The molecule has 2 aromatic rings. The van der Waals surface area contributed by atoms with E-state index in [0.29, 0.717) is 26.6 Å². The largest absolute Gasteiger partial charge is 0.399 e. The molecule has 6 heteroatoms. The molecular weight excluding hydrogens is 365 g/mol. The predicted molar refractivity (Wildman–Crippen MR) is 80.9 cm³/mol. The van der Waals surface area contributed by atoms with E-state index >= 15 is 0 Å². The molecule has 1 aromatic heterocycles. The Bertz CT molecular complexity index is 654. The molecule has 18 heavy (non-hydrogen) atoms. The van der Waals surface area contributed by atoms with Gasteiger partial charge < -0.3 is 5.73 Å². The van der Waals surface area contributed by atoms with Crippen molar-refractivity contribution in [1.82, 2.24) is 9.55 Å². The van der Waals surface area contributed by atoms with Crippen LogP contribution in [0.4, 0.5) is 5.69 Å². The van der Waals surface area contributed by atoms with E-state index in [1.54, 1.807) is 29.8 Å². The van der Waals surface area contributed by atoms with Crippen LogP contribution in [-0.2, 0) is 6.54 Å². The summed E-state index contributed by atoms with van der Waals surface area (Å²) in [5, 5.41) is 0.556. The minimum absolute atomic E-state index is 0.0593. The maximum atomic E-state index is 12.0. The van der Waals surface area contributed by atoms with Crippen LogP contribution in [0.25, 0.3) is 0 Å². The Hall–Kier alpha value is -1.08. The Morgan fingerprint density at radius 2 is 2.22 bits per heavy atom. The van der Waals surface area contributed by atoms with Gasteiger partial charge in [0.15, 0.2) is 0 Å². The minimum Gasteiger partial charge on any atom is -0.399 e. The molecule has 0 unspecified atom stereocenters. The van der Waals surface area contributed by atoms with E-state index in [4.69, 9.17) is 17.3 Å². The van der Waals surface area contributed by atoms with Gasteiger partial charge in [0.1, 0.15) is 5.82 Å².